The Labute approximate surface area is 95.9 Å². The molecule has 1 heterocycles. The molecule has 0 saturated carbocycles. The minimum atomic E-state index is -3.29. The van der Waals surface area contributed by atoms with E-state index in [0.717, 1.165) is 5.56 Å². The molecule has 1 aromatic heterocycles. The van der Waals surface area contributed by atoms with Gasteiger partial charge in [-0.3, -0.25) is 4.68 Å². The fraction of sp³-hybridized carbons (Fsp3) is 0.667. The van der Waals surface area contributed by atoms with E-state index in [4.69, 9.17) is 5.73 Å². The minimum absolute atomic E-state index is 0.121. The predicted octanol–water partition coefficient (Wildman–Crippen LogP) is -0.542. The van der Waals surface area contributed by atoms with Crippen molar-refractivity contribution in [3.63, 3.8) is 0 Å². The first-order valence-corrected chi connectivity index (χ1v) is 6.68. The van der Waals surface area contributed by atoms with E-state index in [1.807, 2.05) is 13.1 Å². The highest BCUT2D eigenvalue weighted by atomic mass is 32.2. The molecule has 0 aliphatic heterocycles. The Morgan fingerprint density at radius 2 is 2.31 bits per heavy atom. The van der Waals surface area contributed by atoms with Gasteiger partial charge in [0.25, 0.3) is 0 Å². The second-order valence-corrected chi connectivity index (χ2v) is 5.95. The van der Waals surface area contributed by atoms with Gasteiger partial charge in [-0.2, -0.15) is 5.10 Å². The summed E-state index contributed by atoms with van der Waals surface area (Å²) in [6, 6.07) is 0. The summed E-state index contributed by atoms with van der Waals surface area (Å²) in [6.45, 7) is 4.49. The number of hydrogen-bond donors (Lipinski definition) is 2. The van der Waals surface area contributed by atoms with Crippen LogP contribution >= 0.6 is 0 Å². The first kappa shape index (κ1) is 13.1. The van der Waals surface area contributed by atoms with Crippen LogP contribution in [-0.4, -0.2) is 36.5 Å². The first-order valence-electron chi connectivity index (χ1n) is 5.13. The van der Waals surface area contributed by atoms with Crippen LogP contribution in [0.3, 0.4) is 0 Å². The van der Waals surface area contributed by atoms with E-state index in [1.54, 1.807) is 17.8 Å². The maximum Gasteiger partial charge on any atom is 0.215 e. The van der Waals surface area contributed by atoms with Crippen LogP contribution in [-0.2, 0) is 16.6 Å². The molecule has 0 aliphatic rings. The van der Waals surface area contributed by atoms with Gasteiger partial charge in [0.2, 0.25) is 10.0 Å². The summed E-state index contributed by atoms with van der Waals surface area (Å²) in [5, 5.41) is 3.49. The number of hydrogen-bond acceptors (Lipinski definition) is 4. The number of rotatable bonds is 6. The summed E-state index contributed by atoms with van der Waals surface area (Å²) in [4.78, 5) is 0. The lowest BCUT2D eigenvalue weighted by Crippen LogP contribution is -2.38. The van der Waals surface area contributed by atoms with Crippen molar-refractivity contribution in [2.75, 3.05) is 13.1 Å². The Morgan fingerprint density at radius 1 is 1.62 bits per heavy atom. The maximum absolute atomic E-state index is 11.5. The molecule has 0 spiro atoms. The fourth-order valence-corrected chi connectivity index (χ4v) is 2.07. The fourth-order valence-electron chi connectivity index (χ4n) is 1.16. The molecule has 1 rings (SSSR count). The Bertz CT molecular complexity index is 426. The highest BCUT2D eigenvalue weighted by Gasteiger charge is 2.17. The van der Waals surface area contributed by atoms with Crippen LogP contribution in [0.5, 0.6) is 0 Å². The van der Waals surface area contributed by atoms with Gasteiger partial charge in [0.1, 0.15) is 0 Å². The summed E-state index contributed by atoms with van der Waals surface area (Å²) < 4.78 is 27.3. The van der Waals surface area contributed by atoms with Crippen molar-refractivity contribution >= 4 is 10.0 Å². The number of sulfonamides is 1. The molecule has 0 radical (unpaired) electrons. The molecular formula is C9H18N4O2S. The number of nitrogens with one attached hydrogen (secondary N) is 1. The molecule has 0 aromatic carbocycles. The molecule has 1 atom stereocenters. The van der Waals surface area contributed by atoms with Crippen LogP contribution in [0, 0.1) is 6.92 Å². The zero-order valence-electron chi connectivity index (χ0n) is 9.55. The van der Waals surface area contributed by atoms with Crippen LogP contribution < -0.4 is 10.5 Å². The molecule has 0 aliphatic carbocycles. The van der Waals surface area contributed by atoms with Crippen molar-refractivity contribution in [2.45, 2.75) is 25.6 Å². The van der Waals surface area contributed by atoms with E-state index in [2.05, 4.69) is 9.82 Å². The van der Waals surface area contributed by atoms with Gasteiger partial charge >= 0.3 is 0 Å². The monoisotopic (exact) mass is 246 g/mol. The topological polar surface area (TPSA) is 90.0 Å². The largest absolute Gasteiger partial charge is 0.329 e. The normalized spacial score (nSPS) is 13.9. The predicted molar refractivity (Wildman–Crippen MR) is 62.4 cm³/mol. The van der Waals surface area contributed by atoms with Crippen molar-refractivity contribution < 1.29 is 8.42 Å². The minimum Gasteiger partial charge on any atom is -0.329 e. The third-order valence-corrected chi connectivity index (χ3v) is 4.13. The Morgan fingerprint density at radius 3 is 2.81 bits per heavy atom. The second kappa shape index (κ2) is 5.42. The summed E-state index contributed by atoms with van der Waals surface area (Å²) in [7, 11) is -3.29. The Kier molecular flexibility index (Phi) is 4.45. The number of aromatic nitrogens is 2. The van der Waals surface area contributed by atoms with Crippen molar-refractivity contribution in [1.82, 2.24) is 14.5 Å². The molecule has 3 N–H and O–H groups in total. The average Bonchev–Trinajstić information content (AvgIpc) is 2.62. The molecule has 7 heteroatoms. The highest BCUT2D eigenvalue weighted by molar-refractivity contribution is 7.90. The van der Waals surface area contributed by atoms with Crippen LogP contribution in [0.1, 0.15) is 12.5 Å². The number of nitrogens with zero attached hydrogens (tertiary/aromatic N) is 2. The third-order valence-electron chi connectivity index (χ3n) is 2.27. The van der Waals surface area contributed by atoms with E-state index in [9.17, 15) is 8.42 Å². The highest BCUT2D eigenvalue weighted by Crippen LogP contribution is 1.96. The Hall–Kier alpha value is -0.920. The van der Waals surface area contributed by atoms with Gasteiger partial charge in [-0.25, -0.2) is 13.1 Å². The van der Waals surface area contributed by atoms with Gasteiger partial charge in [0, 0.05) is 19.3 Å². The summed E-state index contributed by atoms with van der Waals surface area (Å²) in [5.41, 5.74) is 6.36. The van der Waals surface area contributed by atoms with Crippen LogP contribution in [0.4, 0.5) is 0 Å². The summed E-state index contributed by atoms with van der Waals surface area (Å²) >= 11 is 0. The molecule has 6 nitrogen and oxygen atoms in total. The Balaban J connectivity index is 2.41. The average molecular weight is 246 g/mol. The van der Waals surface area contributed by atoms with Crippen LogP contribution in [0.2, 0.25) is 0 Å². The first-order chi connectivity index (χ1) is 7.45. The van der Waals surface area contributed by atoms with Crippen LogP contribution in [0.15, 0.2) is 12.4 Å². The van der Waals surface area contributed by atoms with Crippen molar-refractivity contribution in [3.8, 4) is 0 Å². The molecular weight excluding hydrogens is 228 g/mol. The van der Waals surface area contributed by atoms with E-state index < -0.39 is 15.3 Å². The quantitative estimate of drug-likeness (QED) is 0.705. The SMILES string of the molecule is Cc1cnn(CCNS(=O)(=O)C(C)CN)c1. The van der Waals surface area contributed by atoms with E-state index >= 15 is 0 Å². The van der Waals surface area contributed by atoms with Gasteiger partial charge in [-0.05, 0) is 19.4 Å². The smallest absolute Gasteiger partial charge is 0.215 e. The lowest BCUT2D eigenvalue weighted by Gasteiger charge is -2.11. The van der Waals surface area contributed by atoms with E-state index in [0.29, 0.717) is 13.1 Å². The van der Waals surface area contributed by atoms with Gasteiger partial charge in [0.05, 0.1) is 18.0 Å². The van der Waals surface area contributed by atoms with Gasteiger partial charge in [-0.15, -0.1) is 0 Å². The molecule has 0 saturated heterocycles. The second-order valence-electron chi connectivity index (χ2n) is 3.77. The molecule has 92 valence electrons. The third kappa shape index (κ3) is 3.58. The molecule has 0 bridgehead atoms. The van der Waals surface area contributed by atoms with Crippen molar-refractivity contribution in [3.05, 3.63) is 18.0 Å². The molecule has 1 unspecified atom stereocenters. The summed E-state index contributed by atoms with van der Waals surface area (Å²) in [6.07, 6.45) is 3.59. The van der Waals surface area contributed by atoms with E-state index in [1.165, 1.54) is 0 Å². The van der Waals surface area contributed by atoms with E-state index in [-0.39, 0.29) is 6.54 Å². The summed E-state index contributed by atoms with van der Waals surface area (Å²) in [5.74, 6) is 0. The molecule has 0 amide bonds. The lowest BCUT2D eigenvalue weighted by molar-refractivity contribution is 0.551. The molecule has 1 aromatic rings. The number of nitrogens with two attached hydrogens (primary N) is 1. The molecule has 16 heavy (non-hydrogen) atoms. The number of aryl methyl sites for hydroxylation is 1. The van der Waals surface area contributed by atoms with Gasteiger partial charge < -0.3 is 5.73 Å². The maximum atomic E-state index is 11.5. The van der Waals surface area contributed by atoms with Gasteiger partial charge in [-0.1, -0.05) is 0 Å². The lowest BCUT2D eigenvalue weighted by atomic mass is 10.4. The zero-order valence-corrected chi connectivity index (χ0v) is 10.4. The van der Waals surface area contributed by atoms with Crippen molar-refractivity contribution in [1.29, 1.82) is 0 Å². The van der Waals surface area contributed by atoms with Crippen molar-refractivity contribution in [2.24, 2.45) is 5.73 Å². The molecule has 0 fully saturated rings. The standard InChI is InChI=1S/C9H18N4O2S/c1-8-6-11-13(7-8)4-3-12-16(14,15)9(2)5-10/h6-7,9,12H,3-5,10H2,1-2H3. The van der Waals surface area contributed by atoms with Gasteiger partial charge in [0.15, 0.2) is 0 Å². The zero-order chi connectivity index (χ0) is 12.2. The van der Waals surface area contributed by atoms with Crippen LogP contribution in [0.25, 0.3) is 0 Å².